The molecule has 1 fully saturated rings. The molecular formula is C13H19N3O. The molecule has 1 atom stereocenters. The highest BCUT2D eigenvalue weighted by Crippen LogP contribution is 2.19. The number of carbonyl (C=O) groups is 1. The van der Waals surface area contributed by atoms with E-state index in [0.717, 1.165) is 24.6 Å². The van der Waals surface area contributed by atoms with E-state index >= 15 is 0 Å². The van der Waals surface area contributed by atoms with Crippen molar-refractivity contribution in [1.29, 1.82) is 0 Å². The molecule has 0 bridgehead atoms. The zero-order valence-corrected chi connectivity index (χ0v) is 10.4. The second-order valence-electron chi connectivity index (χ2n) is 4.63. The maximum atomic E-state index is 11.7. The van der Waals surface area contributed by atoms with E-state index < -0.39 is 0 Å². The van der Waals surface area contributed by atoms with Crippen molar-refractivity contribution >= 4 is 11.7 Å². The van der Waals surface area contributed by atoms with Gasteiger partial charge in [-0.15, -0.1) is 0 Å². The fourth-order valence-electron chi connectivity index (χ4n) is 2.17. The molecule has 0 spiro atoms. The van der Waals surface area contributed by atoms with Gasteiger partial charge in [0.25, 0.3) is 0 Å². The molecule has 1 amide bonds. The summed E-state index contributed by atoms with van der Waals surface area (Å²) in [5.41, 5.74) is 0.950. The van der Waals surface area contributed by atoms with Crippen molar-refractivity contribution in [3.63, 3.8) is 0 Å². The second-order valence-corrected chi connectivity index (χ2v) is 4.63. The number of nitrogens with one attached hydrogen (secondary N) is 1. The first-order chi connectivity index (χ1) is 8.19. The van der Waals surface area contributed by atoms with Crippen LogP contribution in [0.15, 0.2) is 18.2 Å². The molecule has 0 radical (unpaired) electrons. The largest absolute Gasteiger partial charge is 0.370 e. The Balaban J connectivity index is 2.03. The minimum atomic E-state index is 0.244. The Morgan fingerprint density at radius 2 is 2.35 bits per heavy atom. The Morgan fingerprint density at radius 1 is 1.53 bits per heavy atom. The molecule has 4 heteroatoms. The summed E-state index contributed by atoms with van der Waals surface area (Å²) in [6, 6.07) is 5.89. The lowest BCUT2D eigenvalue weighted by Crippen LogP contribution is -2.25. The van der Waals surface area contributed by atoms with Crippen molar-refractivity contribution in [3.05, 3.63) is 23.9 Å². The van der Waals surface area contributed by atoms with Gasteiger partial charge < -0.3 is 10.2 Å². The molecule has 4 nitrogen and oxygen atoms in total. The molecule has 0 aromatic carbocycles. The highest BCUT2D eigenvalue weighted by atomic mass is 16.2. The Morgan fingerprint density at radius 3 is 3.00 bits per heavy atom. The first-order valence-corrected chi connectivity index (χ1v) is 6.16. The Hall–Kier alpha value is -1.58. The number of anilines is 1. The van der Waals surface area contributed by atoms with Gasteiger partial charge in [-0.1, -0.05) is 13.0 Å². The zero-order chi connectivity index (χ0) is 12.3. The molecule has 1 aromatic rings. The van der Waals surface area contributed by atoms with E-state index in [1.807, 2.05) is 30.0 Å². The van der Waals surface area contributed by atoms with E-state index in [9.17, 15) is 4.79 Å². The van der Waals surface area contributed by atoms with Crippen molar-refractivity contribution in [2.24, 2.45) is 5.92 Å². The third-order valence-corrected chi connectivity index (χ3v) is 2.93. The van der Waals surface area contributed by atoms with Crippen molar-refractivity contribution < 1.29 is 4.79 Å². The molecule has 2 heterocycles. The third kappa shape index (κ3) is 2.96. The van der Waals surface area contributed by atoms with Crippen LogP contribution >= 0.6 is 0 Å². The first-order valence-electron chi connectivity index (χ1n) is 6.16. The van der Waals surface area contributed by atoms with Crippen molar-refractivity contribution in [2.75, 3.05) is 18.4 Å². The van der Waals surface area contributed by atoms with Gasteiger partial charge in [0.2, 0.25) is 5.91 Å². The van der Waals surface area contributed by atoms with Gasteiger partial charge in [0.1, 0.15) is 5.82 Å². The number of hydrogen-bond donors (Lipinski definition) is 1. The molecule has 1 aromatic heterocycles. The summed E-state index contributed by atoms with van der Waals surface area (Å²) in [6.07, 6.45) is 0.674. The standard InChI is InChI=1S/C13H19N3O/c1-3-14-12-6-4-5-11(15-12)9-16-8-10(2)7-13(16)17/h4-6,10H,3,7-9H2,1-2H3,(H,14,15). The average molecular weight is 233 g/mol. The number of carbonyl (C=O) groups excluding carboxylic acids is 1. The second kappa shape index (κ2) is 5.17. The quantitative estimate of drug-likeness (QED) is 0.863. The number of amides is 1. The summed E-state index contributed by atoms with van der Waals surface area (Å²) in [5, 5.41) is 3.18. The summed E-state index contributed by atoms with van der Waals surface area (Å²) >= 11 is 0. The van der Waals surface area contributed by atoms with E-state index in [1.165, 1.54) is 0 Å². The minimum Gasteiger partial charge on any atom is -0.370 e. The van der Waals surface area contributed by atoms with Gasteiger partial charge in [-0.25, -0.2) is 4.98 Å². The van der Waals surface area contributed by atoms with E-state index in [1.54, 1.807) is 0 Å². The smallest absolute Gasteiger partial charge is 0.223 e. The van der Waals surface area contributed by atoms with Crippen LogP contribution in [0, 0.1) is 5.92 Å². The van der Waals surface area contributed by atoms with Gasteiger partial charge >= 0.3 is 0 Å². The van der Waals surface area contributed by atoms with Crippen molar-refractivity contribution in [1.82, 2.24) is 9.88 Å². The van der Waals surface area contributed by atoms with E-state index in [2.05, 4.69) is 17.2 Å². The highest BCUT2D eigenvalue weighted by Gasteiger charge is 2.26. The van der Waals surface area contributed by atoms with Crippen molar-refractivity contribution in [3.8, 4) is 0 Å². The zero-order valence-electron chi connectivity index (χ0n) is 10.4. The Labute approximate surface area is 102 Å². The van der Waals surface area contributed by atoms with Crippen LogP contribution in [0.3, 0.4) is 0 Å². The fourth-order valence-corrected chi connectivity index (χ4v) is 2.17. The summed E-state index contributed by atoms with van der Waals surface area (Å²) in [7, 11) is 0. The first kappa shape index (κ1) is 11.9. The maximum Gasteiger partial charge on any atom is 0.223 e. The Bertz CT molecular complexity index is 405. The molecule has 17 heavy (non-hydrogen) atoms. The number of likely N-dealkylation sites (tertiary alicyclic amines) is 1. The van der Waals surface area contributed by atoms with Gasteiger partial charge in [0.15, 0.2) is 0 Å². The lowest BCUT2D eigenvalue weighted by molar-refractivity contribution is -0.128. The fraction of sp³-hybridized carbons (Fsp3) is 0.538. The third-order valence-electron chi connectivity index (χ3n) is 2.93. The number of nitrogens with zero attached hydrogens (tertiary/aromatic N) is 2. The molecule has 1 aliphatic heterocycles. The summed E-state index contributed by atoms with van der Waals surface area (Å²) in [4.78, 5) is 18.1. The van der Waals surface area contributed by atoms with Gasteiger partial charge in [0.05, 0.1) is 12.2 Å². The van der Waals surface area contributed by atoms with Crippen molar-refractivity contribution in [2.45, 2.75) is 26.8 Å². The van der Waals surface area contributed by atoms with E-state index in [-0.39, 0.29) is 5.91 Å². The van der Waals surface area contributed by atoms with Crippen LogP contribution in [-0.2, 0) is 11.3 Å². The van der Waals surface area contributed by atoms with Crippen LogP contribution in [0.2, 0.25) is 0 Å². The summed E-state index contributed by atoms with van der Waals surface area (Å²) in [5.74, 6) is 1.59. The highest BCUT2D eigenvalue weighted by molar-refractivity contribution is 5.78. The van der Waals surface area contributed by atoms with Gasteiger partial charge in [-0.2, -0.15) is 0 Å². The molecule has 1 unspecified atom stereocenters. The molecule has 1 aliphatic rings. The predicted octanol–water partition coefficient (Wildman–Crippen LogP) is 1.88. The molecule has 0 saturated carbocycles. The number of aromatic nitrogens is 1. The van der Waals surface area contributed by atoms with Crippen LogP contribution in [0.25, 0.3) is 0 Å². The molecule has 92 valence electrons. The maximum absolute atomic E-state index is 11.7. The summed E-state index contributed by atoms with van der Waals surface area (Å²) < 4.78 is 0. The normalized spacial score (nSPS) is 19.8. The molecular weight excluding hydrogens is 214 g/mol. The molecule has 1 N–H and O–H groups in total. The predicted molar refractivity (Wildman–Crippen MR) is 67.6 cm³/mol. The molecule has 0 aliphatic carbocycles. The van der Waals surface area contributed by atoms with Gasteiger partial charge in [-0.05, 0) is 25.0 Å². The number of pyridine rings is 1. The molecule has 1 saturated heterocycles. The average Bonchev–Trinajstić information content (AvgIpc) is 2.58. The number of rotatable bonds is 4. The SMILES string of the molecule is CCNc1cccc(CN2CC(C)CC2=O)n1. The van der Waals surface area contributed by atoms with Crippen LogP contribution in [-0.4, -0.2) is 28.9 Å². The number of hydrogen-bond acceptors (Lipinski definition) is 3. The van der Waals surface area contributed by atoms with Gasteiger partial charge in [-0.3, -0.25) is 4.79 Å². The molecule has 2 rings (SSSR count). The minimum absolute atomic E-state index is 0.244. The van der Waals surface area contributed by atoms with Gasteiger partial charge in [0, 0.05) is 19.5 Å². The Kier molecular flexibility index (Phi) is 3.61. The lowest BCUT2D eigenvalue weighted by atomic mass is 10.2. The van der Waals surface area contributed by atoms with E-state index in [0.29, 0.717) is 18.9 Å². The summed E-state index contributed by atoms with van der Waals surface area (Å²) in [6.45, 7) is 6.49. The van der Waals surface area contributed by atoms with Crippen LogP contribution < -0.4 is 5.32 Å². The van der Waals surface area contributed by atoms with E-state index in [4.69, 9.17) is 0 Å². The topological polar surface area (TPSA) is 45.2 Å². The van der Waals surface area contributed by atoms with Crippen LogP contribution in [0.1, 0.15) is 26.0 Å². The monoisotopic (exact) mass is 233 g/mol. The van der Waals surface area contributed by atoms with Crippen LogP contribution in [0.5, 0.6) is 0 Å². The van der Waals surface area contributed by atoms with Crippen LogP contribution in [0.4, 0.5) is 5.82 Å². The lowest BCUT2D eigenvalue weighted by Gasteiger charge is -2.16.